The van der Waals surface area contributed by atoms with Gasteiger partial charge < -0.3 is 24.2 Å². The molecule has 1 aromatic rings. The van der Waals surface area contributed by atoms with Gasteiger partial charge in [0.2, 0.25) is 0 Å². The Hall–Kier alpha value is -1.64. The van der Waals surface area contributed by atoms with E-state index in [1.807, 2.05) is 13.1 Å². The fourth-order valence-electron chi connectivity index (χ4n) is 3.34. The van der Waals surface area contributed by atoms with Gasteiger partial charge in [0.15, 0.2) is 5.96 Å². The highest BCUT2D eigenvalue weighted by molar-refractivity contribution is 5.79. The summed E-state index contributed by atoms with van der Waals surface area (Å²) >= 11 is 0. The van der Waals surface area contributed by atoms with Crippen LogP contribution in [-0.2, 0) is 16.0 Å². The number of hydrogen-bond acceptors (Lipinski definition) is 6. The smallest absolute Gasteiger partial charge is 0.193 e. The summed E-state index contributed by atoms with van der Waals surface area (Å²) < 4.78 is 16.0. The molecule has 0 radical (unpaired) electrons. The van der Waals surface area contributed by atoms with Crippen molar-refractivity contribution in [3.05, 3.63) is 18.0 Å². The van der Waals surface area contributed by atoms with Gasteiger partial charge in [-0.05, 0) is 12.8 Å². The molecule has 8 nitrogen and oxygen atoms in total. The van der Waals surface area contributed by atoms with Crippen LogP contribution >= 0.6 is 0 Å². The van der Waals surface area contributed by atoms with Gasteiger partial charge in [0.1, 0.15) is 6.26 Å². The average Bonchev–Trinajstić information content (AvgIpc) is 3.36. The molecular formula is C18H31N5O3. The molecule has 0 aromatic carbocycles. The molecule has 0 aliphatic carbocycles. The van der Waals surface area contributed by atoms with E-state index in [1.165, 1.54) is 0 Å². The first kappa shape index (κ1) is 19.1. The minimum atomic E-state index is 0.587. The van der Waals surface area contributed by atoms with E-state index < -0.39 is 0 Å². The Labute approximate surface area is 155 Å². The highest BCUT2D eigenvalue weighted by Crippen LogP contribution is 2.12. The normalized spacial score (nSPS) is 22.1. The maximum absolute atomic E-state index is 5.75. The topological polar surface area (TPSA) is 75.4 Å². The molecule has 1 unspecified atom stereocenters. The monoisotopic (exact) mass is 365 g/mol. The Morgan fingerprint density at radius 3 is 2.96 bits per heavy atom. The molecule has 3 heterocycles. The van der Waals surface area contributed by atoms with Gasteiger partial charge in [-0.3, -0.25) is 9.89 Å². The number of nitrogens with zero attached hydrogens (tertiary/aromatic N) is 4. The first-order valence-electron chi connectivity index (χ1n) is 9.58. The Bertz CT molecular complexity index is 523. The minimum Gasteiger partial charge on any atom is -0.381 e. The second kappa shape index (κ2) is 10.5. The lowest BCUT2D eigenvalue weighted by molar-refractivity contribution is 0.0886. The molecule has 0 amide bonds. The largest absolute Gasteiger partial charge is 0.381 e. The number of ether oxygens (including phenoxy) is 2. The van der Waals surface area contributed by atoms with Gasteiger partial charge in [-0.15, -0.1) is 0 Å². The number of guanidine groups is 1. The third-order valence-electron chi connectivity index (χ3n) is 4.89. The SMILES string of the molecule is CN=C(NCCCOCC1CCOC1)N1CCN(Cc2ccon2)CC1. The van der Waals surface area contributed by atoms with Crippen LogP contribution < -0.4 is 5.32 Å². The summed E-state index contributed by atoms with van der Waals surface area (Å²) in [6.45, 7) is 9.01. The maximum atomic E-state index is 5.75. The van der Waals surface area contributed by atoms with Crippen LogP contribution in [0.15, 0.2) is 21.8 Å². The van der Waals surface area contributed by atoms with Crippen LogP contribution in [0, 0.1) is 5.92 Å². The van der Waals surface area contributed by atoms with E-state index in [0.29, 0.717) is 5.92 Å². The first-order valence-corrected chi connectivity index (χ1v) is 9.58. The highest BCUT2D eigenvalue weighted by atomic mass is 16.5. The lowest BCUT2D eigenvalue weighted by Crippen LogP contribution is -2.52. The third-order valence-corrected chi connectivity index (χ3v) is 4.89. The maximum Gasteiger partial charge on any atom is 0.193 e. The van der Waals surface area contributed by atoms with E-state index in [0.717, 1.165) is 90.2 Å². The van der Waals surface area contributed by atoms with Crippen molar-refractivity contribution in [1.29, 1.82) is 0 Å². The standard InChI is InChI=1S/C18H31N5O3/c1-19-18(20-5-2-10-24-14-16-3-11-25-15-16)23-8-6-22(7-9-23)13-17-4-12-26-21-17/h4,12,16H,2-3,5-11,13-15H2,1H3,(H,19,20). The molecule has 0 saturated carbocycles. The molecular weight excluding hydrogens is 334 g/mol. The van der Waals surface area contributed by atoms with Crippen molar-refractivity contribution >= 4 is 5.96 Å². The van der Waals surface area contributed by atoms with Crippen LogP contribution in [-0.4, -0.2) is 87.1 Å². The Kier molecular flexibility index (Phi) is 7.72. The minimum absolute atomic E-state index is 0.587. The Balaban J connectivity index is 1.27. The van der Waals surface area contributed by atoms with Crippen molar-refractivity contribution in [2.24, 2.45) is 10.9 Å². The summed E-state index contributed by atoms with van der Waals surface area (Å²) in [7, 11) is 1.85. The summed E-state index contributed by atoms with van der Waals surface area (Å²) in [5, 5.41) is 7.44. The van der Waals surface area contributed by atoms with E-state index in [9.17, 15) is 0 Å². The van der Waals surface area contributed by atoms with Gasteiger partial charge in [0.25, 0.3) is 0 Å². The zero-order valence-corrected chi connectivity index (χ0v) is 15.7. The van der Waals surface area contributed by atoms with Crippen molar-refractivity contribution in [2.45, 2.75) is 19.4 Å². The van der Waals surface area contributed by atoms with Gasteiger partial charge in [0.05, 0.1) is 18.9 Å². The van der Waals surface area contributed by atoms with Gasteiger partial charge in [0, 0.05) is 71.5 Å². The van der Waals surface area contributed by atoms with Crippen molar-refractivity contribution in [3.63, 3.8) is 0 Å². The molecule has 0 bridgehead atoms. The van der Waals surface area contributed by atoms with E-state index in [-0.39, 0.29) is 0 Å². The van der Waals surface area contributed by atoms with Gasteiger partial charge in [-0.1, -0.05) is 5.16 Å². The van der Waals surface area contributed by atoms with Gasteiger partial charge >= 0.3 is 0 Å². The van der Waals surface area contributed by atoms with Crippen LogP contribution in [0.3, 0.4) is 0 Å². The fraction of sp³-hybridized carbons (Fsp3) is 0.778. The highest BCUT2D eigenvalue weighted by Gasteiger charge is 2.20. The van der Waals surface area contributed by atoms with Crippen molar-refractivity contribution < 1.29 is 14.0 Å². The molecule has 1 atom stereocenters. The average molecular weight is 365 g/mol. The predicted molar refractivity (Wildman–Crippen MR) is 99.1 cm³/mol. The second-order valence-corrected chi connectivity index (χ2v) is 6.89. The van der Waals surface area contributed by atoms with Crippen molar-refractivity contribution in [2.75, 3.05) is 66.2 Å². The fourth-order valence-corrected chi connectivity index (χ4v) is 3.34. The summed E-state index contributed by atoms with van der Waals surface area (Å²) in [4.78, 5) is 9.13. The first-order chi connectivity index (χ1) is 12.8. The van der Waals surface area contributed by atoms with Crippen LogP contribution in [0.1, 0.15) is 18.5 Å². The lowest BCUT2D eigenvalue weighted by atomic mass is 10.1. The Morgan fingerprint density at radius 1 is 1.38 bits per heavy atom. The van der Waals surface area contributed by atoms with Crippen LogP contribution in [0.2, 0.25) is 0 Å². The van der Waals surface area contributed by atoms with Crippen LogP contribution in [0.5, 0.6) is 0 Å². The zero-order valence-electron chi connectivity index (χ0n) is 15.7. The second-order valence-electron chi connectivity index (χ2n) is 6.89. The molecule has 2 aliphatic rings. The van der Waals surface area contributed by atoms with Crippen LogP contribution in [0.4, 0.5) is 0 Å². The zero-order chi connectivity index (χ0) is 18.0. The summed E-state index contributed by atoms with van der Waals surface area (Å²) in [5.74, 6) is 1.57. The number of piperazine rings is 1. The van der Waals surface area contributed by atoms with Crippen LogP contribution in [0.25, 0.3) is 0 Å². The van der Waals surface area contributed by atoms with E-state index >= 15 is 0 Å². The summed E-state index contributed by atoms with van der Waals surface area (Å²) in [6, 6.07) is 1.93. The molecule has 1 N–H and O–H groups in total. The Morgan fingerprint density at radius 2 is 2.27 bits per heavy atom. The molecule has 146 valence electrons. The lowest BCUT2D eigenvalue weighted by Gasteiger charge is -2.36. The molecule has 2 fully saturated rings. The van der Waals surface area contributed by atoms with Gasteiger partial charge in [-0.2, -0.15) is 0 Å². The van der Waals surface area contributed by atoms with E-state index in [2.05, 4.69) is 25.3 Å². The number of aromatic nitrogens is 1. The molecule has 3 rings (SSSR count). The number of nitrogens with one attached hydrogen (secondary N) is 1. The molecule has 2 aliphatic heterocycles. The predicted octanol–water partition coefficient (Wildman–Crippen LogP) is 0.811. The van der Waals surface area contributed by atoms with E-state index in [4.69, 9.17) is 14.0 Å². The molecule has 8 heteroatoms. The third kappa shape index (κ3) is 5.96. The van der Waals surface area contributed by atoms with Crippen molar-refractivity contribution in [1.82, 2.24) is 20.3 Å². The quantitative estimate of drug-likeness (QED) is 0.415. The number of hydrogen-bond donors (Lipinski definition) is 1. The molecule has 26 heavy (non-hydrogen) atoms. The number of aliphatic imine (C=N–C) groups is 1. The van der Waals surface area contributed by atoms with Gasteiger partial charge in [-0.25, -0.2) is 0 Å². The van der Waals surface area contributed by atoms with E-state index in [1.54, 1.807) is 6.26 Å². The molecule has 1 aromatic heterocycles. The number of rotatable bonds is 8. The summed E-state index contributed by atoms with van der Waals surface area (Å²) in [5.41, 5.74) is 0.991. The summed E-state index contributed by atoms with van der Waals surface area (Å²) in [6.07, 6.45) is 3.74. The molecule has 2 saturated heterocycles. The molecule has 0 spiro atoms. The van der Waals surface area contributed by atoms with Crippen molar-refractivity contribution in [3.8, 4) is 0 Å².